The Morgan fingerprint density at radius 3 is 3.12 bits per heavy atom. The molecule has 1 aromatic rings. The Labute approximate surface area is 98.2 Å². The number of morpholine rings is 1. The highest BCUT2D eigenvalue weighted by atomic mass is 19.1. The van der Waals surface area contributed by atoms with Gasteiger partial charge in [0, 0.05) is 12.1 Å². The number of ether oxygens (including phenoxy) is 1. The number of nitriles is 1. The highest BCUT2D eigenvalue weighted by Gasteiger charge is 2.24. The standard InChI is InChI=1S/C12H11FN2O2/c13-10-3-1-2-9(6-10)12(16)15-4-5-17-11(7-14)8-15/h1-3,6,11H,4-5,8H2. The van der Waals surface area contributed by atoms with Crippen molar-refractivity contribution < 1.29 is 13.9 Å². The minimum absolute atomic E-state index is 0.228. The van der Waals surface area contributed by atoms with Gasteiger partial charge in [0.05, 0.1) is 19.2 Å². The van der Waals surface area contributed by atoms with Gasteiger partial charge in [-0.25, -0.2) is 4.39 Å². The predicted octanol–water partition coefficient (Wildman–Crippen LogP) is 1.19. The number of nitrogens with zero attached hydrogens (tertiary/aromatic N) is 2. The summed E-state index contributed by atoms with van der Waals surface area (Å²) in [6.45, 7) is 0.985. The summed E-state index contributed by atoms with van der Waals surface area (Å²) in [5.74, 6) is -0.714. The monoisotopic (exact) mass is 234 g/mol. The Balaban J connectivity index is 2.12. The van der Waals surface area contributed by atoms with E-state index in [-0.39, 0.29) is 12.5 Å². The fourth-order valence-corrected chi connectivity index (χ4v) is 1.72. The van der Waals surface area contributed by atoms with E-state index in [0.29, 0.717) is 18.7 Å². The predicted molar refractivity (Wildman–Crippen MR) is 57.7 cm³/mol. The highest BCUT2D eigenvalue weighted by Crippen LogP contribution is 2.11. The van der Waals surface area contributed by atoms with E-state index in [2.05, 4.69) is 0 Å². The molecule has 1 atom stereocenters. The number of hydrogen-bond acceptors (Lipinski definition) is 3. The molecule has 0 aromatic heterocycles. The molecule has 1 saturated heterocycles. The van der Waals surface area contributed by atoms with Crippen LogP contribution in [0, 0.1) is 17.1 Å². The van der Waals surface area contributed by atoms with Gasteiger partial charge < -0.3 is 9.64 Å². The zero-order valence-electron chi connectivity index (χ0n) is 9.10. The number of amides is 1. The summed E-state index contributed by atoms with van der Waals surface area (Å²) in [6.07, 6.45) is -0.596. The van der Waals surface area contributed by atoms with Gasteiger partial charge in [-0.15, -0.1) is 0 Å². The van der Waals surface area contributed by atoms with Crippen LogP contribution in [0.25, 0.3) is 0 Å². The molecule has 0 N–H and O–H groups in total. The number of benzene rings is 1. The Hall–Kier alpha value is -1.93. The van der Waals surface area contributed by atoms with Crippen molar-refractivity contribution in [1.29, 1.82) is 5.26 Å². The van der Waals surface area contributed by atoms with Crippen LogP contribution < -0.4 is 0 Å². The molecule has 5 heteroatoms. The van der Waals surface area contributed by atoms with Crippen molar-refractivity contribution >= 4 is 5.91 Å². The summed E-state index contributed by atoms with van der Waals surface area (Å²) in [6, 6.07) is 7.49. The lowest BCUT2D eigenvalue weighted by Gasteiger charge is -2.29. The number of hydrogen-bond donors (Lipinski definition) is 0. The van der Waals surface area contributed by atoms with Crippen molar-refractivity contribution in [2.75, 3.05) is 19.7 Å². The van der Waals surface area contributed by atoms with E-state index in [4.69, 9.17) is 10.00 Å². The zero-order chi connectivity index (χ0) is 12.3. The molecule has 0 saturated carbocycles. The first-order chi connectivity index (χ1) is 8.20. The Bertz CT molecular complexity index is 470. The maximum absolute atomic E-state index is 13.0. The highest BCUT2D eigenvalue weighted by molar-refractivity contribution is 5.94. The van der Waals surface area contributed by atoms with Crippen molar-refractivity contribution in [3.05, 3.63) is 35.6 Å². The molecule has 1 fully saturated rings. The normalized spacial score (nSPS) is 19.8. The minimum Gasteiger partial charge on any atom is -0.360 e. The summed E-state index contributed by atoms with van der Waals surface area (Å²) >= 11 is 0. The molecule has 1 aliphatic heterocycles. The van der Waals surface area contributed by atoms with Crippen LogP contribution in [0.3, 0.4) is 0 Å². The van der Waals surface area contributed by atoms with Crippen LogP contribution in [0.5, 0.6) is 0 Å². The van der Waals surface area contributed by atoms with Crippen molar-refractivity contribution in [3.63, 3.8) is 0 Å². The van der Waals surface area contributed by atoms with E-state index < -0.39 is 11.9 Å². The van der Waals surface area contributed by atoms with Gasteiger partial charge in [0.1, 0.15) is 5.82 Å². The minimum atomic E-state index is -0.596. The SMILES string of the molecule is N#CC1CN(C(=O)c2cccc(F)c2)CCO1. The average molecular weight is 234 g/mol. The third-order valence-electron chi connectivity index (χ3n) is 2.57. The van der Waals surface area contributed by atoms with Gasteiger partial charge in [-0.05, 0) is 18.2 Å². The summed E-state index contributed by atoms with van der Waals surface area (Å²) in [7, 11) is 0. The fourth-order valence-electron chi connectivity index (χ4n) is 1.72. The number of rotatable bonds is 1. The average Bonchev–Trinajstić information content (AvgIpc) is 2.38. The van der Waals surface area contributed by atoms with Crippen molar-refractivity contribution in [2.45, 2.75) is 6.10 Å². The first kappa shape index (κ1) is 11.6. The molecule has 17 heavy (non-hydrogen) atoms. The van der Waals surface area contributed by atoms with Gasteiger partial charge >= 0.3 is 0 Å². The van der Waals surface area contributed by atoms with Crippen LogP contribution in [0.4, 0.5) is 4.39 Å². The number of halogens is 1. The maximum Gasteiger partial charge on any atom is 0.254 e. The van der Waals surface area contributed by atoms with Crippen LogP contribution in [-0.2, 0) is 4.74 Å². The fraction of sp³-hybridized carbons (Fsp3) is 0.333. The van der Waals surface area contributed by atoms with Gasteiger partial charge in [0.2, 0.25) is 0 Å². The van der Waals surface area contributed by atoms with Gasteiger partial charge in [-0.1, -0.05) is 6.07 Å². The molecule has 0 bridgehead atoms. The Morgan fingerprint density at radius 2 is 2.41 bits per heavy atom. The molecule has 0 aliphatic carbocycles. The van der Waals surface area contributed by atoms with Crippen LogP contribution in [0.2, 0.25) is 0 Å². The second-order valence-corrected chi connectivity index (χ2v) is 3.75. The first-order valence-electron chi connectivity index (χ1n) is 5.27. The molecule has 88 valence electrons. The third kappa shape index (κ3) is 2.60. The van der Waals surface area contributed by atoms with Crippen molar-refractivity contribution in [2.24, 2.45) is 0 Å². The number of carbonyl (C=O) groups excluding carboxylic acids is 1. The molecule has 1 aliphatic rings. The lowest BCUT2D eigenvalue weighted by molar-refractivity contribution is 0.00345. The lowest BCUT2D eigenvalue weighted by atomic mass is 10.1. The molecular weight excluding hydrogens is 223 g/mol. The lowest BCUT2D eigenvalue weighted by Crippen LogP contribution is -2.45. The van der Waals surface area contributed by atoms with Gasteiger partial charge in [-0.3, -0.25) is 4.79 Å². The van der Waals surface area contributed by atoms with Gasteiger partial charge in [0.25, 0.3) is 5.91 Å². The molecule has 4 nitrogen and oxygen atoms in total. The van der Waals surface area contributed by atoms with E-state index in [0.717, 1.165) is 0 Å². The van der Waals surface area contributed by atoms with Crippen LogP contribution >= 0.6 is 0 Å². The maximum atomic E-state index is 13.0. The summed E-state index contributed by atoms with van der Waals surface area (Å²) in [5, 5.41) is 8.73. The van der Waals surface area contributed by atoms with E-state index in [1.54, 1.807) is 6.07 Å². The third-order valence-corrected chi connectivity index (χ3v) is 2.57. The van der Waals surface area contributed by atoms with E-state index in [1.807, 2.05) is 6.07 Å². The molecular formula is C12H11FN2O2. The van der Waals surface area contributed by atoms with E-state index >= 15 is 0 Å². The first-order valence-corrected chi connectivity index (χ1v) is 5.27. The van der Waals surface area contributed by atoms with E-state index in [9.17, 15) is 9.18 Å². The van der Waals surface area contributed by atoms with Crippen molar-refractivity contribution in [3.8, 4) is 6.07 Å². The Morgan fingerprint density at radius 1 is 1.59 bits per heavy atom. The second kappa shape index (κ2) is 4.93. The molecule has 1 amide bonds. The largest absolute Gasteiger partial charge is 0.360 e. The topological polar surface area (TPSA) is 53.3 Å². The second-order valence-electron chi connectivity index (χ2n) is 3.75. The smallest absolute Gasteiger partial charge is 0.254 e. The zero-order valence-corrected chi connectivity index (χ0v) is 9.10. The van der Waals surface area contributed by atoms with E-state index in [1.165, 1.54) is 23.1 Å². The van der Waals surface area contributed by atoms with Crippen molar-refractivity contribution in [1.82, 2.24) is 4.90 Å². The molecule has 1 unspecified atom stereocenters. The van der Waals surface area contributed by atoms with Crippen LogP contribution in [0.15, 0.2) is 24.3 Å². The molecule has 0 spiro atoms. The quantitative estimate of drug-likeness (QED) is 0.733. The van der Waals surface area contributed by atoms with Crippen LogP contribution in [-0.4, -0.2) is 36.6 Å². The van der Waals surface area contributed by atoms with Crippen LogP contribution in [0.1, 0.15) is 10.4 Å². The summed E-state index contributed by atoms with van der Waals surface area (Å²) < 4.78 is 18.1. The summed E-state index contributed by atoms with van der Waals surface area (Å²) in [5.41, 5.74) is 0.295. The number of carbonyl (C=O) groups is 1. The Kier molecular flexibility index (Phi) is 3.35. The molecule has 1 heterocycles. The molecule has 0 radical (unpaired) electrons. The summed E-state index contributed by atoms with van der Waals surface area (Å²) in [4.78, 5) is 13.5. The van der Waals surface area contributed by atoms with Gasteiger partial charge in [0.15, 0.2) is 6.10 Å². The molecule has 2 rings (SSSR count). The van der Waals surface area contributed by atoms with Gasteiger partial charge in [-0.2, -0.15) is 5.26 Å². The molecule has 1 aromatic carbocycles.